The van der Waals surface area contributed by atoms with Crippen LogP contribution in [0.15, 0.2) is 24.3 Å². The molecule has 1 unspecified atom stereocenters. The second-order valence-electron chi connectivity index (χ2n) is 6.49. The van der Waals surface area contributed by atoms with Crippen LogP contribution in [0.5, 0.6) is 5.75 Å². The number of piperazine rings is 1. The first-order chi connectivity index (χ1) is 10.7. The van der Waals surface area contributed by atoms with E-state index in [2.05, 4.69) is 0 Å². The molecular formula is C16H22N2O5. The fourth-order valence-electron chi connectivity index (χ4n) is 2.47. The Morgan fingerprint density at radius 3 is 2.52 bits per heavy atom. The minimum Gasteiger partial charge on any atom is -0.508 e. The van der Waals surface area contributed by atoms with E-state index in [-0.39, 0.29) is 12.3 Å². The summed E-state index contributed by atoms with van der Waals surface area (Å²) >= 11 is 0. The van der Waals surface area contributed by atoms with E-state index in [1.807, 2.05) is 0 Å². The monoisotopic (exact) mass is 322 g/mol. The van der Waals surface area contributed by atoms with Gasteiger partial charge in [0.1, 0.15) is 17.4 Å². The average molecular weight is 322 g/mol. The van der Waals surface area contributed by atoms with Crippen molar-refractivity contribution in [3.8, 4) is 5.75 Å². The summed E-state index contributed by atoms with van der Waals surface area (Å²) in [5.41, 5.74) is -0.0146. The Kier molecular flexibility index (Phi) is 4.68. The predicted molar refractivity (Wildman–Crippen MR) is 84.7 cm³/mol. The number of aliphatic carboxylic acids is 1. The highest BCUT2D eigenvalue weighted by Crippen LogP contribution is 2.25. The van der Waals surface area contributed by atoms with Gasteiger partial charge in [0, 0.05) is 24.8 Å². The maximum Gasteiger partial charge on any atom is 0.410 e. The molecule has 23 heavy (non-hydrogen) atoms. The number of aromatic hydroxyl groups is 1. The van der Waals surface area contributed by atoms with Crippen LogP contribution in [-0.4, -0.2) is 58.5 Å². The summed E-state index contributed by atoms with van der Waals surface area (Å²) in [6.45, 7) is 6.03. The molecule has 7 nitrogen and oxygen atoms in total. The van der Waals surface area contributed by atoms with Crippen LogP contribution in [0.3, 0.4) is 0 Å². The first-order valence-electron chi connectivity index (χ1n) is 7.44. The Morgan fingerprint density at radius 2 is 1.96 bits per heavy atom. The second-order valence-corrected chi connectivity index (χ2v) is 6.49. The number of benzene rings is 1. The Morgan fingerprint density at radius 1 is 1.26 bits per heavy atom. The molecule has 0 radical (unpaired) electrons. The van der Waals surface area contributed by atoms with Crippen LogP contribution in [-0.2, 0) is 9.53 Å². The third kappa shape index (κ3) is 4.28. The molecule has 1 saturated heterocycles. The second kappa shape index (κ2) is 6.36. The molecule has 1 atom stereocenters. The smallest absolute Gasteiger partial charge is 0.410 e. The zero-order valence-corrected chi connectivity index (χ0v) is 13.5. The molecule has 1 aliphatic heterocycles. The zero-order valence-electron chi connectivity index (χ0n) is 13.5. The molecule has 0 bridgehead atoms. The van der Waals surface area contributed by atoms with Crippen molar-refractivity contribution in [2.24, 2.45) is 0 Å². The van der Waals surface area contributed by atoms with Gasteiger partial charge in [0.15, 0.2) is 0 Å². The van der Waals surface area contributed by atoms with E-state index in [1.165, 1.54) is 17.0 Å². The van der Waals surface area contributed by atoms with Crippen LogP contribution in [0.1, 0.15) is 20.8 Å². The van der Waals surface area contributed by atoms with Crippen LogP contribution >= 0.6 is 0 Å². The Labute approximate surface area is 135 Å². The fraction of sp³-hybridized carbons (Fsp3) is 0.500. The summed E-state index contributed by atoms with van der Waals surface area (Å²) in [6.07, 6.45) is -0.515. The van der Waals surface area contributed by atoms with Gasteiger partial charge < -0.3 is 24.7 Å². The third-order valence-corrected chi connectivity index (χ3v) is 3.48. The van der Waals surface area contributed by atoms with Crippen molar-refractivity contribution >= 4 is 17.7 Å². The van der Waals surface area contributed by atoms with Gasteiger partial charge in [-0.1, -0.05) is 6.07 Å². The van der Waals surface area contributed by atoms with Gasteiger partial charge in [0.2, 0.25) is 0 Å². The number of phenols is 1. The van der Waals surface area contributed by atoms with E-state index in [1.54, 1.807) is 37.8 Å². The lowest BCUT2D eigenvalue weighted by Crippen LogP contribution is -2.58. The summed E-state index contributed by atoms with van der Waals surface area (Å²) in [7, 11) is 0. The van der Waals surface area contributed by atoms with Gasteiger partial charge in [-0.15, -0.1) is 0 Å². The molecule has 1 heterocycles. The van der Waals surface area contributed by atoms with Gasteiger partial charge in [-0.3, -0.25) is 0 Å². The van der Waals surface area contributed by atoms with E-state index < -0.39 is 23.7 Å². The fourth-order valence-corrected chi connectivity index (χ4v) is 2.47. The van der Waals surface area contributed by atoms with Crippen molar-refractivity contribution in [3.05, 3.63) is 24.3 Å². The number of carboxylic acids is 1. The number of anilines is 1. The molecule has 126 valence electrons. The van der Waals surface area contributed by atoms with Crippen molar-refractivity contribution in [1.82, 2.24) is 4.90 Å². The highest BCUT2D eigenvalue weighted by atomic mass is 16.6. The van der Waals surface area contributed by atoms with Crippen LogP contribution in [0.4, 0.5) is 10.5 Å². The van der Waals surface area contributed by atoms with Gasteiger partial charge in [0.05, 0.1) is 6.54 Å². The summed E-state index contributed by atoms with van der Waals surface area (Å²) in [4.78, 5) is 26.8. The minimum atomic E-state index is -1.03. The summed E-state index contributed by atoms with van der Waals surface area (Å²) < 4.78 is 5.30. The molecule has 2 rings (SSSR count). The molecule has 1 aromatic rings. The Hall–Kier alpha value is -2.44. The number of rotatable bonds is 2. The van der Waals surface area contributed by atoms with Crippen LogP contribution in [0.25, 0.3) is 0 Å². The van der Waals surface area contributed by atoms with Gasteiger partial charge in [0.25, 0.3) is 0 Å². The summed E-state index contributed by atoms with van der Waals surface area (Å²) in [5.74, 6) is -0.956. The van der Waals surface area contributed by atoms with Crippen LogP contribution in [0.2, 0.25) is 0 Å². The normalized spacial score (nSPS) is 18.7. The van der Waals surface area contributed by atoms with Gasteiger partial charge in [-0.2, -0.15) is 0 Å². The molecule has 7 heteroatoms. The standard InChI is InChI=1S/C16H22N2O5/c1-16(2,3)23-15(22)17-7-8-18(13(10-17)14(20)21)11-5-4-6-12(19)9-11/h4-6,9,13,19H,7-8,10H2,1-3H3,(H,20,21). The van der Waals surface area contributed by atoms with Crippen molar-refractivity contribution < 1.29 is 24.5 Å². The van der Waals surface area contributed by atoms with Crippen LogP contribution < -0.4 is 4.90 Å². The first kappa shape index (κ1) is 16.9. The van der Waals surface area contributed by atoms with Crippen LogP contribution in [0, 0.1) is 0 Å². The van der Waals surface area contributed by atoms with Crippen molar-refractivity contribution in [1.29, 1.82) is 0 Å². The summed E-state index contributed by atoms with van der Waals surface area (Å²) in [6, 6.07) is 5.54. The van der Waals surface area contributed by atoms with Gasteiger partial charge in [-0.25, -0.2) is 9.59 Å². The molecular weight excluding hydrogens is 300 g/mol. The maximum atomic E-state index is 12.1. The van der Waals surface area contributed by atoms with Crippen molar-refractivity contribution in [2.75, 3.05) is 24.5 Å². The number of carboxylic acid groups (broad SMARTS) is 1. The number of carbonyl (C=O) groups excluding carboxylic acids is 1. The molecule has 1 amide bonds. The Balaban J connectivity index is 2.15. The number of hydrogen-bond acceptors (Lipinski definition) is 5. The quantitative estimate of drug-likeness (QED) is 0.864. The lowest BCUT2D eigenvalue weighted by molar-refractivity contribution is -0.139. The van der Waals surface area contributed by atoms with Gasteiger partial charge >= 0.3 is 12.1 Å². The number of amides is 1. The van der Waals surface area contributed by atoms with Gasteiger partial charge in [-0.05, 0) is 32.9 Å². The van der Waals surface area contributed by atoms with Crippen molar-refractivity contribution in [3.63, 3.8) is 0 Å². The highest BCUT2D eigenvalue weighted by Gasteiger charge is 2.36. The van der Waals surface area contributed by atoms with E-state index >= 15 is 0 Å². The minimum absolute atomic E-state index is 0.0277. The number of carbonyl (C=O) groups is 2. The molecule has 1 aliphatic rings. The molecule has 1 aromatic carbocycles. The number of phenolic OH excluding ortho intramolecular Hbond substituents is 1. The van der Waals surface area contributed by atoms with E-state index in [0.29, 0.717) is 18.8 Å². The lowest BCUT2D eigenvalue weighted by atomic mass is 10.1. The average Bonchev–Trinajstić information content (AvgIpc) is 2.44. The van der Waals surface area contributed by atoms with E-state index in [4.69, 9.17) is 4.74 Å². The molecule has 2 N–H and O–H groups in total. The largest absolute Gasteiger partial charge is 0.508 e. The summed E-state index contributed by atoms with van der Waals surface area (Å²) in [5, 5.41) is 19.1. The van der Waals surface area contributed by atoms with Crippen molar-refractivity contribution in [2.45, 2.75) is 32.4 Å². The number of nitrogens with zero attached hydrogens (tertiary/aromatic N) is 2. The molecule has 0 aromatic heterocycles. The predicted octanol–water partition coefficient (Wildman–Crippen LogP) is 1.90. The van der Waals surface area contributed by atoms with E-state index in [0.717, 1.165) is 0 Å². The molecule has 0 spiro atoms. The molecule has 0 saturated carbocycles. The lowest BCUT2D eigenvalue weighted by Gasteiger charge is -2.40. The van der Waals surface area contributed by atoms with E-state index in [9.17, 15) is 19.8 Å². The highest BCUT2D eigenvalue weighted by molar-refractivity contribution is 5.80. The number of hydrogen-bond donors (Lipinski definition) is 2. The zero-order chi connectivity index (χ0) is 17.2. The SMILES string of the molecule is CC(C)(C)OC(=O)N1CCN(c2cccc(O)c2)C(C(=O)O)C1. The topological polar surface area (TPSA) is 90.3 Å². The maximum absolute atomic E-state index is 12.1. The Bertz CT molecular complexity index is 596. The number of ether oxygens (including phenoxy) is 1. The molecule has 1 fully saturated rings. The first-order valence-corrected chi connectivity index (χ1v) is 7.44. The molecule has 0 aliphatic carbocycles. The third-order valence-electron chi connectivity index (χ3n) is 3.48.